The molecule has 21 heavy (non-hydrogen) atoms. The van der Waals surface area contributed by atoms with Gasteiger partial charge in [-0.2, -0.15) is 0 Å². The van der Waals surface area contributed by atoms with Crippen LogP contribution < -0.4 is 5.73 Å². The molecule has 0 bridgehead atoms. The summed E-state index contributed by atoms with van der Waals surface area (Å²) in [6.45, 7) is 0.854. The normalized spacial score (nSPS) is 13.9. The van der Waals surface area contributed by atoms with E-state index in [1.54, 1.807) is 4.90 Å². The maximum absolute atomic E-state index is 13.7. The molecule has 1 aliphatic heterocycles. The topological polar surface area (TPSA) is 46.3 Å². The van der Waals surface area contributed by atoms with Crippen LogP contribution in [0.4, 0.5) is 14.5 Å². The van der Waals surface area contributed by atoms with Gasteiger partial charge in [-0.1, -0.05) is 12.1 Å². The van der Waals surface area contributed by atoms with Gasteiger partial charge in [0.15, 0.2) is 0 Å². The average molecular weight is 288 g/mol. The Balaban J connectivity index is 1.87. The molecule has 0 fully saturated rings. The van der Waals surface area contributed by atoms with Crippen molar-refractivity contribution in [3.05, 3.63) is 64.7 Å². The van der Waals surface area contributed by atoms with Crippen LogP contribution in [0.2, 0.25) is 0 Å². The van der Waals surface area contributed by atoms with E-state index in [9.17, 15) is 13.6 Å². The highest BCUT2D eigenvalue weighted by Crippen LogP contribution is 2.25. The molecule has 0 saturated carbocycles. The first-order chi connectivity index (χ1) is 10.1. The van der Waals surface area contributed by atoms with Gasteiger partial charge in [-0.25, -0.2) is 8.78 Å². The van der Waals surface area contributed by atoms with Crippen molar-refractivity contribution in [2.45, 2.75) is 13.0 Å². The Bertz CT molecular complexity index is 715. The molecule has 5 heteroatoms. The number of amides is 1. The number of nitrogens with zero attached hydrogens (tertiary/aromatic N) is 1. The molecule has 108 valence electrons. The van der Waals surface area contributed by atoms with E-state index < -0.39 is 17.5 Å². The quantitative estimate of drug-likeness (QED) is 0.820. The van der Waals surface area contributed by atoms with Crippen LogP contribution in [0.25, 0.3) is 0 Å². The first-order valence-electron chi connectivity index (χ1n) is 6.67. The van der Waals surface area contributed by atoms with Crippen molar-refractivity contribution in [1.82, 2.24) is 4.90 Å². The van der Waals surface area contributed by atoms with Crippen LogP contribution in [0.3, 0.4) is 0 Å². The number of hydrogen-bond acceptors (Lipinski definition) is 2. The molecule has 0 radical (unpaired) electrons. The van der Waals surface area contributed by atoms with E-state index in [4.69, 9.17) is 5.73 Å². The molecule has 0 atom stereocenters. The second-order valence-corrected chi connectivity index (χ2v) is 5.09. The molecule has 1 heterocycles. The number of nitrogen functional groups attached to an aromatic ring is 1. The van der Waals surface area contributed by atoms with Crippen molar-refractivity contribution in [3.63, 3.8) is 0 Å². The summed E-state index contributed by atoms with van der Waals surface area (Å²) in [6.07, 6.45) is 0.635. The molecule has 0 saturated heterocycles. The monoisotopic (exact) mass is 288 g/mol. The van der Waals surface area contributed by atoms with Crippen molar-refractivity contribution in [1.29, 1.82) is 0 Å². The minimum Gasteiger partial charge on any atom is -0.398 e. The van der Waals surface area contributed by atoms with Gasteiger partial charge in [-0.3, -0.25) is 4.79 Å². The van der Waals surface area contributed by atoms with E-state index in [0.29, 0.717) is 25.2 Å². The number of hydrogen-bond donors (Lipinski definition) is 1. The van der Waals surface area contributed by atoms with Crippen molar-refractivity contribution in [3.8, 4) is 0 Å². The van der Waals surface area contributed by atoms with Crippen molar-refractivity contribution in [2.75, 3.05) is 12.3 Å². The number of carbonyl (C=O) groups is 1. The first-order valence-corrected chi connectivity index (χ1v) is 6.67. The van der Waals surface area contributed by atoms with Crippen molar-refractivity contribution >= 4 is 11.6 Å². The first kappa shape index (κ1) is 13.5. The Kier molecular flexibility index (Phi) is 3.33. The van der Waals surface area contributed by atoms with Gasteiger partial charge in [0.25, 0.3) is 5.91 Å². The maximum Gasteiger partial charge on any atom is 0.257 e. The van der Waals surface area contributed by atoms with Crippen LogP contribution in [0.5, 0.6) is 0 Å². The Labute approximate surface area is 121 Å². The second kappa shape index (κ2) is 5.16. The fourth-order valence-corrected chi connectivity index (χ4v) is 2.65. The van der Waals surface area contributed by atoms with E-state index in [0.717, 1.165) is 23.3 Å². The van der Waals surface area contributed by atoms with Crippen LogP contribution in [-0.4, -0.2) is 17.4 Å². The zero-order valence-electron chi connectivity index (χ0n) is 11.3. The predicted octanol–water partition coefficient (Wildman–Crippen LogP) is 2.75. The summed E-state index contributed by atoms with van der Waals surface area (Å²) in [5.74, 6) is -1.96. The maximum atomic E-state index is 13.7. The molecule has 0 spiro atoms. The van der Waals surface area contributed by atoms with Gasteiger partial charge in [-0.05, 0) is 35.7 Å². The molecule has 2 N–H and O–H groups in total. The van der Waals surface area contributed by atoms with Gasteiger partial charge in [0.1, 0.15) is 11.6 Å². The summed E-state index contributed by atoms with van der Waals surface area (Å²) in [5.41, 5.74) is 8.53. The van der Waals surface area contributed by atoms with Gasteiger partial charge in [-0.15, -0.1) is 0 Å². The molecule has 3 nitrogen and oxygen atoms in total. The lowest BCUT2D eigenvalue weighted by molar-refractivity contribution is 0.0730. The number of fused-ring (bicyclic) bond motifs is 1. The van der Waals surface area contributed by atoms with Gasteiger partial charge in [0.2, 0.25) is 0 Å². The minimum atomic E-state index is -0.835. The van der Waals surface area contributed by atoms with E-state index in [1.807, 2.05) is 18.2 Å². The summed E-state index contributed by atoms with van der Waals surface area (Å²) in [7, 11) is 0. The van der Waals surface area contributed by atoms with Crippen molar-refractivity contribution < 1.29 is 13.6 Å². The number of nitrogens with two attached hydrogens (primary N) is 1. The zero-order valence-corrected chi connectivity index (χ0v) is 11.3. The highest BCUT2D eigenvalue weighted by atomic mass is 19.1. The summed E-state index contributed by atoms with van der Waals surface area (Å²) in [5, 5.41) is 0. The number of rotatable bonds is 1. The summed E-state index contributed by atoms with van der Waals surface area (Å²) in [4.78, 5) is 13.9. The van der Waals surface area contributed by atoms with Crippen LogP contribution in [0, 0.1) is 11.6 Å². The zero-order chi connectivity index (χ0) is 15.0. The number of anilines is 1. The van der Waals surface area contributed by atoms with Gasteiger partial charge in [0, 0.05) is 24.8 Å². The third-order valence-electron chi connectivity index (χ3n) is 3.75. The smallest absolute Gasteiger partial charge is 0.257 e. The molecule has 0 unspecified atom stereocenters. The predicted molar refractivity (Wildman–Crippen MR) is 75.7 cm³/mol. The van der Waals surface area contributed by atoms with Gasteiger partial charge < -0.3 is 10.6 Å². The molecule has 0 aromatic heterocycles. The number of carbonyl (C=O) groups excluding carboxylic acids is 1. The van der Waals surface area contributed by atoms with Crippen LogP contribution in [0.15, 0.2) is 36.4 Å². The molecule has 1 amide bonds. The SMILES string of the molecule is Nc1cccc2c1CCN(C(=O)c1ccc(F)cc1F)C2. The molecule has 1 aliphatic rings. The van der Waals surface area contributed by atoms with E-state index in [2.05, 4.69) is 0 Å². The van der Waals surface area contributed by atoms with Gasteiger partial charge in [0.05, 0.1) is 5.56 Å². The molecular weight excluding hydrogens is 274 g/mol. The lowest BCUT2D eigenvalue weighted by Crippen LogP contribution is -2.36. The lowest BCUT2D eigenvalue weighted by atomic mass is 9.97. The minimum absolute atomic E-state index is 0.108. The standard InChI is InChI=1S/C16H14F2N2O/c17-11-4-5-13(14(18)8-11)16(21)20-7-6-12-10(9-20)2-1-3-15(12)19/h1-5,8H,6-7,9,19H2. The molecule has 3 rings (SSSR count). The number of benzene rings is 2. The Morgan fingerprint density at radius 2 is 2.00 bits per heavy atom. The van der Waals surface area contributed by atoms with E-state index in [-0.39, 0.29) is 5.56 Å². The summed E-state index contributed by atoms with van der Waals surface area (Å²) >= 11 is 0. The number of halogens is 2. The van der Waals surface area contributed by atoms with E-state index in [1.165, 1.54) is 6.07 Å². The van der Waals surface area contributed by atoms with E-state index >= 15 is 0 Å². The molecular formula is C16H14F2N2O. The van der Waals surface area contributed by atoms with Crippen LogP contribution in [0.1, 0.15) is 21.5 Å². The average Bonchev–Trinajstić information content (AvgIpc) is 2.46. The van der Waals surface area contributed by atoms with Crippen LogP contribution >= 0.6 is 0 Å². The highest BCUT2D eigenvalue weighted by molar-refractivity contribution is 5.94. The fraction of sp³-hybridized carbons (Fsp3) is 0.188. The van der Waals surface area contributed by atoms with Crippen LogP contribution in [-0.2, 0) is 13.0 Å². The third-order valence-corrected chi connectivity index (χ3v) is 3.75. The van der Waals surface area contributed by atoms with Gasteiger partial charge >= 0.3 is 0 Å². The van der Waals surface area contributed by atoms with Crippen molar-refractivity contribution in [2.24, 2.45) is 0 Å². The third kappa shape index (κ3) is 2.46. The Hall–Kier alpha value is -2.43. The molecule has 0 aliphatic carbocycles. The highest BCUT2D eigenvalue weighted by Gasteiger charge is 2.24. The fourth-order valence-electron chi connectivity index (χ4n) is 2.65. The molecule has 2 aromatic rings. The molecule has 2 aromatic carbocycles. The summed E-state index contributed by atoms with van der Waals surface area (Å²) < 4.78 is 26.6. The largest absolute Gasteiger partial charge is 0.398 e. The second-order valence-electron chi connectivity index (χ2n) is 5.09. The summed E-state index contributed by atoms with van der Waals surface area (Å²) in [6, 6.07) is 8.57. The lowest BCUT2D eigenvalue weighted by Gasteiger charge is -2.29. The Morgan fingerprint density at radius 1 is 1.19 bits per heavy atom. The Morgan fingerprint density at radius 3 is 2.76 bits per heavy atom.